The molecular weight excluding hydrogens is 304 g/mol. The van der Waals surface area contributed by atoms with Crippen molar-refractivity contribution in [3.05, 3.63) is 59.0 Å². The van der Waals surface area contributed by atoms with Crippen LogP contribution in [-0.2, 0) is 21.5 Å². The second-order valence-corrected chi connectivity index (χ2v) is 5.56. The molecule has 5 nitrogen and oxygen atoms in total. The summed E-state index contributed by atoms with van der Waals surface area (Å²) in [5.74, 6) is -0.238. The fourth-order valence-electron chi connectivity index (χ4n) is 2.11. The summed E-state index contributed by atoms with van der Waals surface area (Å²) in [6.45, 7) is 1.56. The molecule has 0 aliphatic carbocycles. The van der Waals surface area contributed by atoms with Crippen LogP contribution in [0.25, 0.3) is 0 Å². The molecule has 0 saturated heterocycles. The summed E-state index contributed by atoms with van der Waals surface area (Å²) in [5.41, 5.74) is 4.70. The van der Waals surface area contributed by atoms with Crippen LogP contribution < -0.4 is 11.1 Å². The summed E-state index contributed by atoms with van der Waals surface area (Å²) < 4.78 is 5.17. The zero-order chi connectivity index (χ0) is 16.2. The lowest BCUT2D eigenvalue weighted by molar-refractivity contribution is -0.131. The molecule has 2 aromatic rings. The highest BCUT2D eigenvalue weighted by atomic mass is 35.5. The number of primary amides is 1. The van der Waals surface area contributed by atoms with Gasteiger partial charge in [0.05, 0.1) is 6.26 Å². The van der Waals surface area contributed by atoms with Crippen molar-refractivity contribution in [2.24, 2.45) is 5.73 Å². The average molecular weight is 321 g/mol. The Kier molecular flexibility index (Phi) is 4.88. The van der Waals surface area contributed by atoms with Crippen molar-refractivity contribution < 1.29 is 14.0 Å². The van der Waals surface area contributed by atoms with E-state index in [9.17, 15) is 9.59 Å². The molecule has 0 bridgehead atoms. The van der Waals surface area contributed by atoms with Gasteiger partial charge in [-0.15, -0.1) is 0 Å². The number of carbonyl (C=O) groups is 2. The first-order valence-electron chi connectivity index (χ1n) is 6.81. The van der Waals surface area contributed by atoms with Gasteiger partial charge in [0.1, 0.15) is 11.3 Å². The monoisotopic (exact) mass is 320 g/mol. The molecule has 0 unspecified atom stereocenters. The first-order valence-corrected chi connectivity index (χ1v) is 7.19. The number of amides is 2. The lowest BCUT2D eigenvalue weighted by Gasteiger charge is -2.28. The molecule has 1 aromatic carbocycles. The molecule has 0 aliphatic rings. The van der Waals surface area contributed by atoms with Gasteiger partial charge < -0.3 is 15.5 Å². The molecule has 0 spiro atoms. The van der Waals surface area contributed by atoms with E-state index in [1.165, 1.54) is 0 Å². The third-order valence-corrected chi connectivity index (χ3v) is 3.70. The number of aryl methyl sites for hydroxylation is 1. The number of nitrogens with two attached hydrogens (primary N) is 1. The van der Waals surface area contributed by atoms with Gasteiger partial charge in [0.25, 0.3) is 0 Å². The zero-order valence-corrected chi connectivity index (χ0v) is 12.9. The van der Waals surface area contributed by atoms with Gasteiger partial charge in [-0.05, 0) is 36.8 Å². The van der Waals surface area contributed by atoms with Crippen molar-refractivity contribution in [3.8, 4) is 0 Å². The van der Waals surface area contributed by atoms with Crippen molar-refractivity contribution in [3.63, 3.8) is 0 Å². The first kappa shape index (κ1) is 16.1. The normalized spacial score (nSPS) is 13.4. The molecule has 1 heterocycles. The summed E-state index contributed by atoms with van der Waals surface area (Å²) >= 11 is 5.94. The largest absolute Gasteiger partial charge is 0.469 e. The number of hydrogen-bond acceptors (Lipinski definition) is 3. The molecule has 0 saturated carbocycles. The van der Waals surface area contributed by atoms with Crippen LogP contribution in [0.2, 0.25) is 5.02 Å². The molecule has 6 heteroatoms. The zero-order valence-electron chi connectivity index (χ0n) is 12.1. The number of nitrogens with one attached hydrogen (secondary N) is 1. The Bertz CT molecular complexity index is 670. The second-order valence-electron chi connectivity index (χ2n) is 5.13. The van der Waals surface area contributed by atoms with Crippen molar-refractivity contribution in [1.82, 2.24) is 5.32 Å². The van der Waals surface area contributed by atoms with E-state index in [4.69, 9.17) is 21.8 Å². The summed E-state index contributed by atoms with van der Waals surface area (Å²) in [6, 6.07) is 10.2. The molecule has 2 rings (SSSR count). The molecule has 3 N–H and O–H groups in total. The third kappa shape index (κ3) is 3.68. The Morgan fingerprint density at radius 3 is 2.68 bits per heavy atom. The van der Waals surface area contributed by atoms with Gasteiger partial charge in [0.2, 0.25) is 11.8 Å². The van der Waals surface area contributed by atoms with E-state index >= 15 is 0 Å². The minimum atomic E-state index is -1.31. The predicted octanol–water partition coefficient (Wildman–Crippen LogP) is 2.38. The number of halogens is 1. The Balaban J connectivity index is 2.11. The fourth-order valence-corrected chi connectivity index (χ4v) is 2.30. The summed E-state index contributed by atoms with van der Waals surface area (Å²) in [4.78, 5) is 24.0. The van der Waals surface area contributed by atoms with Gasteiger partial charge in [-0.25, -0.2) is 0 Å². The summed E-state index contributed by atoms with van der Waals surface area (Å²) in [6.07, 6.45) is 2.19. The number of furan rings is 1. The van der Waals surface area contributed by atoms with Gasteiger partial charge in [-0.2, -0.15) is 0 Å². The van der Waals surface area contributed by atoms with Crippen LogP contribution in [0.4, 0.5) is 0 Å². The number of benzene rings is 1. The van der Waals surface area contributed by atoms with E-state index in [-0.39, 0.29) is 12.3 Å². The molecular formula is C16H17ClN2O3. The minimum absolute atomic E-state index is 0.191. The number of carbonyl (C=O) groups excluding carboxylic acids is 2. The first-order chi connectivity index (χ1) is 10.4. The summed E-state index contributed by atoms with van der Waals surface area (Å²) in [5, 5.41) is 3.15. The van der Waals surface area contributed by atoms with Gasteiger partial charge in [-0.3, -0.25) is 9.59 Å². The highest BCUT2D eigenvalue weighted by Crippen LogP contribution is 2.23. The van der Waals surface area contributed by atoms with E-state index in [0.717, 1.165) is 0 Å². The lowest BCUT2D eigenvalue weighted by atomic mass is 9.91. The summed E-state index contributed by atoms with van der Waals surface area (Å²) in [7, 11) is 0. The van der Waals surface area contributed by atoms with E-state index in [1.807, 2.05) is 0 Å². The Hall–Kier alpha value is -2.27. The number of hydrogen-bond donors (Lipinski definition) is 2. The van der Waals surface area contributed by atoms with Crippen molar-refractivity contribution in [1.29, 1.82) is 0 Å². The van der Waals surface area contributed by atoms with E-state index in [2.05, 4.69) is 5.32 Å². The quantitative estimate of drug-likeness (QED) is 0.857. The van der Waals surface area contributed by atoms with E-state index < -0.39 is 11.4 Å². The van der Waals surface area contributed by atoms with Crippen LogP contribution in [0.15, 0.2) is 47.1 Å². The van der Waals surface area contributed by atoms with Crippen LogP contribution in [0, 0.1) is 0 Å². The van der Waals surface area contributed by atoms with Crippen LogP contribution in [0.1, 0.15) is 24.7 Å². The predicted molar refractivity (Wildman–Crippen MR) is 83.2 cm³/mol. The standard InChI is InChI=1S/C16H17ClN2O3/c1-16(15(18)21,11-4-2-5-12(17)10-11)19-14(20)8-7-13-6-3-9-22-13/h2-6,9-10H,7-8H2,1H3,(H2,18,21)(H,19,20)/t16-/m1/s1. The van der Waals surface area contributed by atoms with Crippen LogP contribution in [0.3, 0.4) is 0 Å². The third-order valence-electron chi connectivity index (χ3n) is 3.46. The maximum atomic E-state index is 12.1. The highest BCUT2D eigenvalue weighted by Gasteiger charge is 2.35. The lowest BCUT2D eigenvalue weighted by Crippen LogP contribution is -2.52. The Morgan fingerprint density at radius 1 is 1.32 bits per heavy atom. The van der Waals surface area contributed by atoms with Gasteiger partial charge in [0.15, 0.2) is 0 Å². The minimum Gasteiger partial charge on any atom is -0.469 e. The van der Waals surface area contributed by atoms with Crippen molar-refractivity contribution in [2.75, 3.05) is 0 Å². The van der Waals surface area contributed by atoms with E-state index in [1.54, 1.807) is 49.6 Å². The van der Waals surface area contributed by atoms with Crippen molar-refractivity contribution in [2.45, 2.75) is 25.3 Å². The molecule has 1 atom stereocenters. The Morgan fingerprint density at radius 2 is 2.09 bits per heavy atom. The molecule has 0 fully saturated rings. The molecule has 2 amide bonds. The fraction of sp³-hybridized carbons (Fsp3) is 0.250. The molecule has 0 radical (unpaired) electrons. The van der Waals surface area contributed by atoms with Gasteiger partial charge in [0, 0.05) is 17.9 Å². The average Bonchev–Trinajstić information content (AvgIpc) is 2.98. The SMILES string of the molecule is C[C@](NC(=O)CCc1ccco1)(C(N)=O)c1cccc(Cl)c1. The maximum absolute atomic E-state index is 12.1. The van der Waals surface area contributed by atoms with Crippen LogP contribution in [0.5, 0.6) is 0 Å². The number of rotatable bonds is 6. The molecule has 1 aromatic heterocycles. The molecule has 0 aliphatic heterocycles. The van der Waals surface area contributed by atoms with E-state index in [0.29, 0.717) is 22.8 Å². The topological polar surface area (TPSA) is 85.3 Å². The van der Waals surface area contributed by atoms with Crippen LogP contribution >= 0.6 is 11.6 Å². The van der Waals surface area contributed by atoms with Gasteiger partial charge in [-0.1, -0.05) is 23.7 Å². The van der Waals surface area contributed by atoms with Crippen LogP contribution in [-0.4, -0.2) is 11.8 Å². The molecule has 22 heavy (non-hydrogen) atoms. The Labute approximate surface area is 133 Å². The second kappa shape index (κ2) is 6.66. The highest BCUT2D eigenvalue weighted by molar-refractivity contribution is 6.30. The molecule has 116 valence electrons. The smallest absolute Gasteiger partial charge is 0.247 e. The van der Waals surface area contributed by atoms with Crippen molar-refractivity contribution >= 4 is 23.4 Å². The maximum Gasteiger partial charge on any atom is 0.247 e. The van der Waals surface area contributed by atoms with Gasteiger partial charge >= 0.3 is 0 Å².